The molecule has 0 radical (unpaired) electrons. The van der Waals surface area contributed by atoms with Gasteiger partial charge in [-0.2, -0.15) is 9.57 Å². The highest BCUT2D eigenvalue weighted by molar-refractivity contribution is 7.89. The molecule has 10 heteroatoms. The van der Waals surface area contributed by atoms with Gasteiger partial charge < -0.3 is 4.74 Å². The first-order chi connectivity index (χ1) is 17.3. The first-order valence-electron chi connectivity index (χ1n) is 11.3. The third-order valence-electron chi connectivity index (χ3n) is 6.11. The van der Waals surface area contributed by atoms with Crippen LogP contribution < -0.4 is 0 Å². The summed E-state index contributed by atoms with van der Waals surface area (Å²) in [7, 11) is -3.81. The van der Waals surface area contributed by atoms with Crippen LogP contribution in [0.25, 0.3) is 0 Å². The van der Waals surface area contributed by atoms with E-state index >= 15 is 0 Å². The van der Waals surface area contributed by atoms with Gasteiger partial charge in [0.05, 0.1) is 23.2 Å². The normalized spacial score (nSPS) is 15.9. The van der Waals surface area contributed by atoms with Crippen molar-refractivity contribution in [3.63, 3.8) is 0 Å². The molecule has 1 saturated heterocycles. The Hall–Kier alpha value is -2.87. The maximum Gasteiger partial charge on any atom is 0.244 e. The van der Waals surface area contributed by atoms with Gasteiger partial charge in [-0.3, -0.25) is 4.90 Å². The standard InChI is InChI=1S/C26H24ClF2N3O3S/c27-21-10-8-19(9-11-21)25(35-18-22-23(28)5-3-6-24(22)29)17-31-12-14-32(15-13-31)36(33,34)26-7-2-1-4-20(26)16-30/h1-11,25H,12-15,17-18H2/t25-/m1/s1. The van der Waals surface area contributed by atoms with Crippen molar-refractivity contribution in [3.05, 3.63) is 100 Å². The SMILES string of the molecule is N#Cc1ccccc1S(=O)(=O)N1CCN(C[C@@H](OCc2c(F)cccc2F)c2ccc(Cl)cc2)CC1. The maximum atomic E-state index is 14.1. The molecule has 1 heterocycles. The molecule has 0 aromatic heterocycles. The van der Waals surface area contributed by atoms with Crippen LogP contribution in [0.4, 0.5) is 8.78 Å². The van der Waals surface area contributed by atoms with Crippen LogP contribution in [0, 0.1) is 23.0 Å². The fourth-order valence-electron chi connectivity index (χ4n) is 4.10. The molecule has 3 aromatic rings. The molecule has 0 aliphatic carbocycles. The van der Waals surface area contributed by atoms with Crippen molar-refractivity contribution in [1.29, 1.82) is 5.26 Å². The van der Waals surface area contributed by atoms with Gasteiger partial charge >= 0.3 is 0 Å². The summed E-state index contributed by atoms with van der Waals surface area (Å²) < 4.78 is 61.9. The summed E-state index contributed by atoms with van der Waals surface area (Å²) in [5.74, 6) is -1.36. The third kappa shape index (κ3) is 5.91. The van der Waals surface area contributed by atoms with Crippen molar-refractivity contribution in [3.8, 4) is 6.07 Å². The van der Waals surface area contributed by atoms with Crippen LogP contribution in [0.2, 0.25) is 5.02 Å². The Morgan fingerprint density at radius 3 is 2.22 bits per heavy atom. The van der Waals surface area contributed by atoms with Crippen LogP contribution in [0.5, 0.6) is 0 Å². The molecule has 4 rings (SSSR count). The number of benzene rings is 3. The number of halogens is 3. The van der Waals surface area contributed by atoms with Crippen molar-refractivity contribution < 1.29 is 21.9 Å². The monoisotopic (exact) mass is 531 g/mol. The first-order valence-corrected chi connectivity index (χ1v) is 13.1. The molecule has 1 atom stereocenters. The molecule has 0 amide bonds. The van der Waals surface area contributed by atoms with E-state index in [1.165, 1.54) is 34.6 Å². The Morgan fingerprint density at radius 1 is 0.944 bits per heavy atom. The minimum Gasteiger partial charge on any atom is -0.367 e. The predicted octanol–water partition coefficient (Wildman–Crippen LogP) is 4.75. The summed E-state index contributed by atoms with van der Waals surface area (Å²) in [5, 5.41) is 9.85. The van der Waals surface area contributed by atoms with Gasteiger partial charge in [0.1, 0.15) is 17.7 Å². The maximum absolute atomic E-state index is 14.1. The Bertz CT molecular complexity index is 1340. The number of hydrogen-bond donors (Lipinski definition) is 0. The Labute approximate surface area is 214 Å². The molecule has 0 unspecified atom stereocenters. The molecule has 3 aromatic carbocycles. The lowest BCUT2D eigenvalue weighted by Crippen LogP contribution is -2.49. The molecule has 188 valence electrons. The van der Waals surface area contributed by atoms with Gasteiger partial charge in [0, 0.05) is 43.3 Å². The van der Waals surface area contributed by atoms with Crippen LogP contribution in [-0.2, 0) is 21.4 Å². The Balaban J connectivity index is 1.46. The number of nitrogens with zero attached hydrogens (tertiary/aromatic N) is 3. The van der Waals surface area contributed by atoms with Gasteiger partial charge in [-0.25, -0.2) is 17.2 Å². The molecular weight excluding hydrogens is 508 g/mol. The van der Waals surface area contributed by atoms with Gasteiger partial charge in [-0.05, 0) is 42.0 Å². The molecule has 1 aliphatic rings. The second-order valence-corrected chi connectivity index (χ2v) is 10.7. The number of piperazine rings is 1. The van der Waals surface area contributed by atoms with E-state index < -0.39 is 27.8 Å². The van der Waals surface area contributed by atoms with Gasteiger partial charge in [-0.1, -0.05) is 41.9 Å². The minimum atomic E-state index is -3.81. The summed E-state index contributed by atoms with van der Waals surface area (Å²) in [5.41, 5.74) is 0.745. The van der Waals surface area contributed by atoms with Crippen LogP contribution in [0.3, 0.4) is 0 Å². The van der Waals surface area contributed by atoms with Crippen LogP contribution in [0.1, 0.15) is 22.8 Å². The van der Waals surface area contributed by atoms with Gasteiger partial charge in [0.15, 0.2) is 0 Å². The number of rotatable bonds is 8. The summed E-state index contributed by atoms with van der Waals surface area (Å²) in [6, 6.07) is 18.8. The smallest absolute Gasteiger partial charge is 0.244 e. The minimum absolute atomic E-state index is 0.00441. The number of sulfonamides is 1. The number of nitriles is 1. The Morgan fingerprint density at radius 2 is 1.58 bits per heavy atom. The van der Waals surface area contributed by atoms with Gasteiger partial charge in [-0.15, -0.1) is 0 Å². The molecule has 0 N–H and O–H groups in total. The van der Waals surface area contributed by atoms with Crippen LogP contribution >= 0.6 is 11.6 Å². The average molecular weight is 532 g/mol. The highest BCUT2D eigenvalue weighted by Gasteiger charge is 2.31. The van der Waals surface area contributed by atoms with Gasteiger partial charge in [0.25, 0.3) is 0 Å². The highest BCUT2D eigenvalue weighted by Crippen LogP contribution is 2.26. The fourth-order valence-corrected chi connectivity index (χ4v) is 5.79. The van der Waals surface area contributed by atoms with Crippen molar-refractivity contribution in [2.75, 3.05) is 32.7 Å². The number of hydrogen-bond acceptors (Lipinski definition) is 5. The summed E-state index contributed by atoms with van der Waals surface area (Å²) in [4.78, 5) is 2.04. The van der Waals surface area contributed by atoms with Crippen LogP contribution in [0.15, 0.2) is 71.6 Å². The lowest BCUT2D eigenvalue weighted by molar-refractivity contribution is 0.00547. The highest BCUT2D eigenvalue weighted by atomic mass is 35.5. The van der Waals surface area contributed by atoms with Gasteiger partial charge in [0.2, 0.25) is 10.0 Å². The summed E-state index contributed by atoms with van der Waals surface area (Å²) >= 11 is 6.02. The first kappa shape index (κ1) is 26.2. The quantitative estimate of drug-likeness (QED) is 0.419. The van der Waals surface area contributed by atoms with E-state index in [0.717, 1.165) is 5.56 Å². The molecule has 0 saturated carbocycles. The molecule has 1 aliphatic heterocycles. The van der Waals surface area contributed by atoms with E-state index in [9.17, 15) is 22.5 Å². The second-order valence-electron chi connectivity index (χ2n) is 8.36. The van der Waals surface area contributed by atoms with E-state index in [-0.39, 0.29) is 35.7 Å². The van der Waals surface area contributed by atoms with E-state index in [1.54, 1.807) is 36.4 Å². The fraction of sp³-hybridized carbons (Fsp3) is 0.269. The molecule has 36 heavy (non-hydrogen) atoms. The van der Waals surface area contributed by atoms with Crippen molar-refractivity contribution in [2.24, 2.45) is 0 Å². The van der Waals surface area contributed by atoms with Crippen LogP contribution in [-0.4, -0.2) is 50.3 Å². The van der Waals surface area contributed by atoms with E-state index in [0.29, 0.717) is 24.7 Å². The zero-order chi connectivity index (χ0) is 25.7. The largest absolute Gasteiger partial charge is 0.367 e. The van der Waals surface area contributed by atoms with E-state index in [4.69, 9.17) is 16.3 Å². The van der Waals surface area contributed by atoms with Crippen molar-refractivity contribution in [1.82, 2.24) is 9.21 Å². The lowest BCUT2D eigenvalue weighted by Gasteiger charge is -2.36. The zero-order valence-electron chi connectivity index (χ0n) is 19.3. The van der Waals surface area contributed by atoms with E-state index in [2.05, 4.69) is 0 Å². The molecule has 6 nitrogen and oxygen atoms in total. The summed E-state index contributed by atoms with van der Waals surface area (Å²) in [6.45, 7) is 1.45. The summed E-state index contributed by atoms with van der Waals surface area (Å²) in [6.07, 6.45) is -0.524. The zero-order valence-corrected chi connectivity index (χ0v) is 20.9. The van der Waals surface area contributed by atoms with E-state index in [1.807, 2.05) is 11.0 Å². The molecule has 0 bridgehead atoms. The second kappa shape index (κ2) is 11.5. The number of ether oxygens (including phenoxy) is 1. The molecule has 1 fully saturated rings. The average Bonchev–Trinajstić information content (AvgIpc) is 2.88. The van der Waals surface area contributed by atoms with Crippen molar-refractivity contribution >= 4 is 21.6 Å². The predicted molar refractivity (Wildman–Crippen MR) is 132 cm³/mol. The topological polar surface area (TPSA) is 73.6 Å². The molecule has 0 spiro atoms. The Kier molecular flexibility index (Phi) is 8.34. The lowest BCUT2D eigenvalue weighted by atomic mass is 10.1. The van der Waals surface area contributed by atoms with Crippen molar-refractivity contribution in [2.45, 2.75) is 17.6 Å². The molecular formula is C26H24ClF2N3O3S. The third-order valence-corrected chi connectivity index (χ3v) is 8.32.